The van der Waals surface area contributed by atoms with E-state index in [0.717, 1.165) is 43.9 Å². The first kappa shape index (κ1) is 12.4. The minimum Gasteiger partial charge on any atom is -0.317 e. The summed E-state index contributed by atoms with van der Waals surface area (Å²) in [5.74, 6) is 1.11. The van der Waals surface area contributed by atoms with E-state index in [0.29, 0.717) is 0 Å². The molecule has 4 nitrogen and oxygen atoms in total. The van der Waals surface area contributed by atoms with E-state index in [1.165, 1.54) is 0 Å². The summed E-state index contributed by atoms with van der Waals surface area (Å²) in [5, 5.41) is 12.0. The zero-order valence-electron chi connectivity index (χ0n) is 11.3. The predicted molar refractivity (Wildman–Crippen MR) is 75.4 cm³/mol. The van der Waals surface area contributed by atoms with Gasteiger partial charge in [0, 0.05) is 11.1 Å². The monoisotopic (exact) mass is 256 g/mol. The molecule has 3 rings (SSSR count). The summed E-state index contributed by atoms with van der Waals surface area (Å²) in [6, 6.07) is 10.4. The lowest BCUT2D eigenvalue weighted by Crippen LogP contribution is -2.41. The molecule has 1 aliphatic heterocycles. The van der Waals surface area contributed by atoms with Crippen molar-refractivity contribution in [2.24, 2.45) is 0 Å². The number of piperidine rings is 1. The molecular formula is C15H20N4. The van der Waals surface area contributed by atoms with Crippen molar-refractivity contribution in [2.75, 3.05) is 13.1 Å². The van der Waals surface area contributed by atoms with Crippen LogP contribution in [0.4, 0.5) is 0 Å². The molecule has 0 unspecified atom stereocenters. The van der Waals surface area contributed by atoms with Gasteiger partial charge in [-0.3, -0.25) is 4.57 Å². The van der Waals surface area contributed by atoms with Crippen molar-refractivity contribution in [3.8, 4) is 5.69 Å². The smallest absolute Gasteiger partial charge is 0.143 e. The van der Waals surface area contributed by atoms with E-state index in [2.05, 4.69) is 51.3 Å². The second-order valence-electron chi connectivity index (χ2n) is 5.24. The van der Waals surface area contributed by atoms with E-state index in [9.17, 15) is 0 Å². The Morgan fingerprint density at radius 2 is 1.95 bits per heavy atom. The number of para-hydroxylation sites is 1. The van der Waals surface area contributed by atoms with Gasteiger partial charge < -0.3 is 5.32 Å². The molecule has 2 aromatic rings. The van der Waals surface area contributed by atoms with Gasteiger partial charge in [-0.25, -0.2) is 0 Å². The van der Waals surface area contributed by atoms with Gasteiger partial charge >= 0.3 is 0 Å². The Kier molecular flexibility index (Phi) is 3.34. The van der Waals surface area contributed by atoms with Gasteiger partial charge in [0.1, 0.15) is 12.2 Å². The van der Waals surface area contributed by atoms with Crippen molar-refractivity contribution in [3.05, 3.63) is 42.5 Å². The summed E-state index contributed by atoms with van der Waals surface area (Å²) >= 11 is 0. The maximum Gasteiger partial charge on any atom is 0.143 e. The number of hydrogen-bond acceptors (Lipinski definition) is 3. The van der Waals surface area contributed by atoms with Crippen LogP contribution >= 0.6 is 0 Å². The molecule has 4 heteroatoms. The van der Waals surface area contributed by atoms with Crippen LogP contribution in [0, 0.1) is 0 Å². The lowest BCUT2D eigenvalue weighted by Gasteiger charge is -2.36. The molecule has 19 heavy (non-hydrogen) atoms. The van der Waals surface area contributed by atoms with Crippen LogP contribution in [0.2, 0.25) is 0 Å². The SMILES string of the molecule is CCC1(c2nncn2-c2ccccc2)CCNCC1. The molecule has 1 saturated heterocycles. The van der Waals surface area contributed by atoms with Crippen molar-refractivity contribution in [1.82, 2.24) is 20.1 Å². The Morgan fingerprint density at radius 3 is 2.63 bits per heavy atom. The highest BCUT2D eigenvalue weighted by Gasteiger charge is 2.36. The molecule has 1 aromatic heterocycles. The van der Waals surface area contributed by atoms with Crippen LogP contribution in [-0.4, -0.2) is 27.9 Å². The molecule has 1 aromatic carbocycles. The molecule has 0 amide bonds. The third kappa shape index (κ3) is 2.16. The highest BCUT2D eigenvalue weighted by molar-refractivity contribution is 5.33. The summed E-state index contributed by atoms with van der Waals surface area (Å²) < 4.78 is 2.15. The molecule has 0 atom stereocenters. The molecule has 1 fully saturated rings. The second kappa shape index (κ2) is 5.13. The molecular weight excluding hydrogens is 236 g/mol. The van der Waals surface area contributed by atoms with Gasteiger partial charge in [0.15, 0.2) is 0 Å². The number of rotatable bonds is 3. The molecule has 0 aliphatic carbocycles. The Morgan fingerprint density at radius 1 is 1.21 bits per heavy atom. The van der Waals surface area contributed by atoms with E-state index in [1.807, 2.05) is 12.4 Å². The molecule has 0 saturated carbocycles. The van der Waals surface area contributed by atoms with E-state index in [4.69, 9.17) is 0 Å². The highest BCUT2D eigenvalue weighted by Crippen LogP contribution is 2.36. The molecule has 100 valence electrons. The van der Waals surface area contributed by atoms with Gasteiger partial charge in [0.2, 0.25) is 0 Å². The Labute approximate surface area is 113 Å². The van der Waals surface area contributed by atoms with E-state index in [1.54, 1.807) is 0 Å². The van der Waals surface area contributed by atoms with Gasteiger partial charge in [-0.1, -0.05) is 25.1 Å². The Hall–Kier alpha value is -1.68. The summed E-state index contributed by atoms with van der Waals surface area (Å²) in [6.45, 7) is 4.39. The minimum atomic E-state index is 0.164. The quantitative estimate of drug-likeness (QED) is 0.916. The summed E-state index contributed by atoms with van der Waals surface area (Å²) in [4.78, 5) is 0. The zero-order chi connectivity index (χ0) is 13.1. The Balaban J connectivity index is 2.04. The minimum absolute atomic E-state index is 0.164. The number of benzene rings is 1. The maximum absolute atomic E-state index is 4.44. The van der Waals surface area contributed by atoms with Crippen LogP contribution in [0.15, 0.2) is 36.7 Å². The van der Waals surface area contributed by atoms with Crippen LogP contribution in [0.25, 0.3) is 5.69 Å². The maximum atomic E-state index is 4.44. The standard InChI is InChI=1S/C15H20N4/c1-2-15(8-10-16-11-9-15)14-18-17-12-19(14)13-6-4-3-5-7-13/h3-7,12,16H,2,8-11H2,1H3. The van der Waals surface area contributed by atoms with Gasteiger partial charge in [0.05, 0.1) is 0 Å². The molecule has 0 bridgehead atoms. The van der Waals surface area contributed by atoms with E-state index in [-0.39, 0.29) is 5.41 Å². The molecule has 0 radical (unpaired) electrons. The van der Waals surface area contributed by atoms with Gasteiger partial charge in [-0.05, 0) is 44.5 Å². The summed E-state index contributed by atoms with van der Waals surface area (Å²) in [6.07, 6.45) is 5.22. The predicted octanol–water partition coefficient (Wildman–Crippen LogP) is 2.30. The highest BCUT2D eigenvalue weighted by atomic mass is 15.3. The molecule has 2 heterocycles. The largest absolute Gasteiger partial charge is 0.317 e. The summed E-state index contributed by atoms with van der Waals surface area (Å²) in [7, 11) is 0. The lowest BCUT2D eigenvalue weighted by molar-refractivity contribution is 0.279. The average molecular weight is 256 g/mol. The van der Waals surface area contributed by atoms with Gasteiger partial charge in [0.25, 0.3) is 0 Å². The molecule has 1 N–H and O–H groups in total. The average Bonchev–Trinajstić information content (AvgIpc) is 2.99. The molecule has 0 spiro atoms. The van der Waals surface area contributed by atoms with Crippen LogP contribution in [0.3, 0.4) is 0 Å². The number of nitrogens with zero attached hydrogens (tertiary/aromatic N) is 3. The first-order chi connectivity index (χ1) is 9.36. The first-order valence-electron chi connectivity index (χ1n) is 7.02. The first-order valence-corrected chi connectivity index (χ1v) is 7.02. The van der Waals surface area contributed by atoms with Crippen molar-refractivity contribution >= 4 is 0 Å². The van der Waals surface area contributed by atoms with Crippen LogP contribution < -0.4 is 5.32 Å². The fourth-order valence-corrected chi connectivity index (χ4v) is 3.01. The number of hydrogen-bond donors (Lipinski definition) is 1. The third-order valence-electron chi connectivity index (χ3n) is 4.29. The van der Waals surface area contributed by atoms with Crippen LogP contribution in [0.1, 0.15) is 32.0 Å². The van der Waals surface area contributed by atoms with Crippen molar-refractivity contribution in [1.29, 1.82) is 0 Å². The van der Waals surface area contributed by atoms with Crippen molar-refractivity contribution < 1.29 is 0 Å². The van der Waals surface area contributed by atoms with Crippen LogP contribution in [-0.2, 0) is 5.41 Å². The fourth-order valence-electron chi connectivity index (χ4n) is 3.01. The molecule has 1 aliphatic rings. The number of aromatic nitrogens is 3. The van der Waals surface area contributed by atoms with Gasteiger partial charge in [-0.15, -0.1) is 10.2 Å². The number of nitrogens with one attached hydrogen (secondary N) is 1. The third-order valence-corrected chi connectivity index (χ3v) is 4.29. The lowest BCUT2D eigenvalue weighted by atomic mass is 9.76. The zero-order valence-corrected chi connectivity index (χ0v) is 11.3. The van der Waals surface area contributed by atoms with Crippen LogP contribution in [0.5, 0.6) is 0 Å². The van der Waals surface area contributed by atoms with E-state index >= 15 is 0 Å². The van der Waals surface area contributed by atoms with Crippen molar-refractivity contribution in [3.63, 3.8) is 0 Å². The van der Waals surface area contributed by atoms with Crippen molar-refractivity contribution in [2.45, 2.75) is 31.6 Å². The second-order valence-corrected chi connectivity index (χ2v) is 5.24. The normalized spacial score (nSPS) is 18.4. The van der Waals surface area contributed by atoms with E-state index < -0.39 is 0 Å². The van der Waals surface area contributed by atoms with Gasteiger partial charge in [-0.2, -0.15) is 0 Å². The fraction of sp³-hybridized carbons (Fsp3) is 0.467. The Bertz CT molecular complexity index is 526. The summed E-state index contributed by atoms with van der Waals surface area (Å²) in [5.41, 5.74) is 1.31. The topological polar surface area (TPSA) is 42.7 Å².